The van der Waals surface area contributed by atoms with E-state index >= 15 is 0 Å². The standard InChI is InChI=1S/C13H12FN3O3S/c1-8-10(3-2-4-11(8)21(15,19)20)17-13(18)9-5-6-12(14)16-7-9/h2-7H,1H3,(H,17,18)(H2,15,19,20). The van der Waals surface area contributed by atoms with Crippen LogP contribution >= 0.6 is 0 Å². The largest absolute Gasteiger partial charge is 0.322 e. The number of anilines is 1. The molecule has 1 aromatic carbocycles. The lowest BCUT2D eigenvalue weighted by Gasteiger charge is -2.11. The lowest BCUT2D eigenvalue weighted by atomic mass is 10.2. The molecule has 2 aromatic rings. The van der Waals surface area contributed by atoms with Gasteiger partial charge < -0.3 is 5.32 Å². The van der Waals surface area contributed by atoms with Gasteiger partial charge in [-0.15, -0.1) is 0 Å². The Hall–Kier alpha value is -2.32. The van der Waals surface area contributed by atoms with E-state index in [0.717, 1.165) is 12.3 Å². The van der Waals surface area contributed by atoms with E-state index in [1.54, 1.807) is 6.07 Å². The predicted molar refractivity (Wildman–Crippen MR) is 74.7 cm³/mol. The van der Waals surface area contributed by atoms with Crippen molar-refractivity contribution < 1.29 is 17.6 Å². The molecule has 0 fully saturated rings. The van der Waals surface area contributed by atoms with Gasteiger partial charge in [0.15, 0.2) is 0 Å². The van der Waals surface area contributed by atoms with Gasteiger partial charge in [-0.1, -0.05) is 6.07 Å². The van der Waals surface area contributed by atoms with Gasteiger partial charge in [-0.2, -0.15) is 4.39 Å². The first-order valence-corrected chi connectivity index (χ1v) is 7.39. The third kappa shape index (κ3) is 3.41. The summed E-state index contributed by atoms with van der Waals surface area (Å²) in [5, 5.41) is 7.63. The van der Waals surface area contributed by atoms with Gasteiger partial charge in [0.2, 0.25) is 16.0 Å². The molecule has 1 amide bonds. The van der Waals surface area contributed by atoms with E-state index in [0.29, 0.717) is 11.3 Å². The van der Waals surface area contributed by atoms with Crippen LogP contribution in [0, 0.1) is 12.9 Å². The van der Waals surface area contributed by atoms with E-state index in [2.05, 4.69) is 10.3 Å². The SMILES string of the molecule is Cc1c(NC(=O)c2ccc(F)nc2)cccc1S(N)(=O)=O. The van der Waals surface area contributed by atoms with Crippen LogP contribution in [0.3, 0.4) is 0 Å². The van der Waals surface area contributed by atoms with E-state index in [9.17, 15) is 17.6 Å². The Kier molecular flexibility index (Phi) is 4.01. The summed E-state index contributed by atoms with van der Waals surface area (Å²) in [4.78, 5) is 15.3. The average molecular weight is 309 g/mol. The van der Waals surface area contributed by atoms with E-state index in [1.165, 1.54) is 25.1 Å². The Morgan fingerprint density at radius 3 is 2.57 bits per heavy atom. The Bertz CT molecular complexity index is 789. The van der Waals surface area contributed by atoms with E-state index in [1.807, 2.05) is 0 Å². The minimum atomic E-state index is -3.88. The van der Waals surface area contributed by atoms with Crippen LogP contribution in [0.4, 0.5) is 10.1 Å². The van der Waals surface area contributed by atoms with E-state index in [-0.39, 0.29) is 10.5 Å². The second-order valence-electron chi connectivity index (χ2n) is 4.30. The number of sulfonamides is 1. The molecule has 6 nitrogen and oxygen atoms in total. The van der Waals surface area contributed by atoms with Crippen LogP contribution in [0.25, 0.3) is 0 Å². The lowest BCUT2D eigenvalue weighted by Crippen LogP contribution is -2.17. The number of nitrogens with zero attached hydrogens (tertiary/aromatic N) is 1. The number of nitrogens with two attached hydrogens (primary N) is 1. The number of primary sulfonamides is 1. The number of carbonyl (C=O) groups is 1. The Morgan fingerprint density at radius 2 is 2.00 bits per heavy atom. The summed E-state index contributed by atoms with van der Waals surface area (Å²) in [5.74, 6) is -1.23. The normalized spacial score (nSPS) is 11.2. The molecule has 1 aromatic heterocycles. The first-order chi connectivity index (χ1) is 9.79. The molecule has 0 spiro atoms. The summed E-state index contributed by atoms with van der Waals surface area (Å²) in [7, 11) is -3.88. The number of halogens is 1. The second-order valence-corrected chi connectivity index (χ2v) is 5.83. The highest BCUT2D eigenvalue weighted by atomic mass is 32.2. The first-order valence-electron chi connectivity index (χ1n) is 5.84. The van der Waals surface area contributed by atoms with Gasteiger partial charge in [-0.05, 0) is 36.8 Å². The molecule has 21 heavy (non-hydrogen) atoms. The van der Waals surface area contributed by atoms with Crippen LogP contribution in [-0.4, -0.2) is 19.3 Å². The molecule has 2 rings (SSSR count). The molecular weight excluding hydrogens is 297 g/mol. The molecule has 0 saturated heterocycles. The number of nitrogens with one attached hydrogen (secondary N) is 1. The van der Waals surface area contributed by atoms with Crippen molar-refractivity contribution in [2.45, 2.75) is 11.8 Å². The van der Waals surface area contributed by atoms with E-state index < -0.39 is 21.9 Å². The molecule has 0 aliphatic rings. The number of hydrogen-bond donors (Lipinski definition) is 2. The van der Waals surface area contributed by atoms with Crippen LogP contribution in [0.15, 0.2) is 41.4 Å². The quantitative estimate of drug-likeness (QED) is 0.837. The summed E-state index contributed by atoms with van der Waals surface area (Å²) in [6.07, 6.45) is 1.09. The number of rotatable bonds is 3. The fraction of sp³-hybridized carbons (Fsp3) is 0.0769. The maximum atomic E-state index is 12.7. The third-order valence-corrected chi connectivity index (χ3v) is 3.88. The van der Waals surface area contributed by atoms with Crippen molar-refractivity contribution >= 4 is 21.6 Å². The Labute approximate surface area is 120 Å². The third-order valence-electron chi connectivity index (χ3n) is 2.83. The fourth-order valence-electron chi connectivity index (χ4n) is 1.76. The molecule has 0 saturated carbocycles. The van der Waals surface area contributed by atoms with Crippen LogP contribution in [0.5, 0.6) is 0 Å². The lowest BCUT2D eigenvalue weighted by molar-refractivity contribution is 0.102. The molecular formula is C13H12FN3O3S. The van der Waals surface area contributed by atoms with Gasteiger partial charge in [-0.25, -0.2) is 18.5 Å². The van der Waals surface area contributed by atoms with Crippen LogP contribution in [-0.2, 0) is 10.0 Å². The van der Waals surface area contributed by atoms with Crippen LogP contribution < -0.4 is 10.5 Å². The highest BCUT2D eigenvalue weighted by molar-refractivity contribution is 7.89. The molecule has 1 heterocycles. The average Bonchev–Trinajstić information content (AvgIpc) is 2.40. The molecule has 0 aliphatic carbocycles. The zero-order chi connectivity index (χ0) is 15.6. The summed E-state index contributed by atoms with van der Waals surface area (Å²) in [5.41, 5.74) is 0.774. The predicted octanol–water partition coefficient (Wildman–Crippen LogP) is 1.43. The van der Waals surface area contributed by atoms with Crippen molar-refractivity contribution in [1.29, 1.82) is 0 Å². The number of benzene rings is 1. The van der Waals surface area contributed by atoms with Crippen molar-refractivity contribution in [2.24, 2.45) is 5.14 Å². The summed E-state index contributed by atoms with van der Waals surface area (Å²) in [6.45, 7) is 1.53. The van der Waals surface area contributed by atoms with Gasteiger partial charge in [0.05, 0.1) is 10.5 Å². The Morgan fingerprint density at radius 1 is 1.29 bits per heavy atom. The number of amides is 1. The van der Waals surface area contributed by atoms with Gasteiger partial charge in [0.25, 0.3) is 5.91 Å². The topological polar surface area (TPSA) is 102 Å². The maximum Gasteiger partial charge on any atom is 0.257 e. The maximum absolute atomic E-state index is 12.7. The number of aromatic nitrogens is 1. The summed E-state index contributed by atoms with van der Waals surface area (Å²) >= 11 is 0. The minimum absolute atomic E-state index is 0.0717. The van der Waals surface area contributed by atoms with Gasteiger partial charge in [0.1, 0.15) is 0 Å². The van der Waals surface area contributed by atoms with Gasteiger partial charge in [-0.3, -0.25) is 4.79 Å². The molecule has 8 heteroatoms. The van der Waals surface area contributed by atoms with Crippen LogP contribution in [0.2, 0.25) is 0 Å². The molecule has 0 radical (unpaired) electrons. The smallest absolute Gasteiger partial charge is 0.257 e. The number of hydrogen-bond acceptors (Lipinski definition) is 4. The van der Waals surface area contributed by atoms with Crippen molar-refractivity contribution in [1.82, 2.24) is 4.98 Å². The Balaban J connectivity index is 2.32. The van der Waals surface area contributed by atoms with Gasteiger partial charge >= 0.3 is 0 Å². The highest BCUT2D eigenvalue weighted by Gasteiger charge is 2.15. The van der Waals surface area contributed by atoms with E-state index in [4.69, 9.17) is 5.14 Å². The monoisotopic (exact) mass is 309 g/mol. The zero-order valence-corrected chi connectivity index (χ0v) is 11.8. The highest BCUT2D eigenvalue weighted by Crippen LogP contribution is 2.22. The molecule has 3 N–H and O–H groups in total. The summed E-state index contributed by atoms with van der Waals surface area (Å²) < 4.78 is 35.5. The molecule has 0 atom stereocenters. The number of pyridine rings is 1. The molecule has 110 valence electrons. The van der Waals surface area contributed by atoms with Crippen molar-refractivity contribution in [3.63, 3.8) is 0 Å². The molecule has 0 aliphatic heterocycles. The summed E-state index contributed by atoms with van der Waals surface area (Å²) in [6, 6.07) is 6.68. The second kappa shape index (κ2) is 5.58. The molecule has 0 bridgehead atoms. The minimum Gasteiger partial charge on any atom is -0.322 e. The van der Waals surface area contributed by atoms with Crippen molar-refractivity contribution in [2.75, 3.05) is 5.32 Å². The number of carbonyl (C=O) groups excluding carboxylic acids is 1. The fourth-order valence-corrected chi connectivity index (χ4v) is 2.57. The first kappa shape index (κ1) is 15.1. The van der Waals surface area contributed by atoms with Crippen LogP contribution in [0.1, 0.15) is 15.9 Å². The van der Waals surface area contributed by atoms with Gasteiger partial charge in [0, 0.05) is 11.9 Å². The zero-order valence-electron chi connectivity index (χ0n) is 11.0. The van der Waals surface area contributed by atoms with Crippen molar-refractivity contribution in [3.8, 4) is 0 Å². The van der Waals surface area contributed by atoms with Crippen molar-refractivity contribution in [3.05, 3.63) is 53.6 Å². The molecule has 0 unspecified atom stereocenters.